The molecule has 21 heavy (non-hydrogen) atoms. The molecule has 0 atom stereocenters. The monoisotopic (exact) mass is 298 g/mol. The standard InChI is InChI=1S/C17H34N2O2/c1-9-16(10-2)13-18(15(5,6)7)14(20)17(11-3,12-4)19(16)21-8/h9-13H2,1-8H3. The number of piperazine rings is 1. The van der Waals surface area contributed by atoms with Crippen LogP contribution in [0, 0.1) is 0 Å². The van der Waals surface area contributed by atoms with Crippen molar-refractivity contribution in [1.82, 2.24) is 9.96 Å². The van der Waals surface area contributed by atoms with Gasteiger partial charge in [-0.1, -0.05) is 27.7 Å². The van der Waals surface area contributed by atoms with E-state index in [-0.39, 0.29) is 17.0 Å². The number of carbonyl (C=O) groups is 1. The van der Waals surface area contributed by atoms with Crippen molar-refractivity contribution in [3.63, 3.8) is 0 Å². The fraction of sp³-hybridized carbons (Fsp3) is 0.941. The van der Waals surface area contributed by atoms with Crippen LogP contribution in [0.5, 0.6) is 0 Å². The van der Waals surface area contributed by atoms with Crippen molar-refractivity contribution in [2.24, 2.45) is 0 Å². The molecule has 1 saturated heterocycles. The van der Waals surface area contributed by atoms with Crippen molar-refractivity contribution >= 4 is 5.91 Å². The number of hydroxylamine groups is 2. The summed E-state index contributed by atoms with van der Waals surface area (Å²) in [6.45, 7) is 15.7. The first-order valence-electron chi connectivity index (χ1n) is 8.35. The molecule has 1 aliphatic rings. The SMILES string of the molecule is CCC1(CC)CN(C(C)(C)C)C(=O)C(CC)(CC)N1OC. The minimum atomic E-state index is -0.549. The van der Waals surface area contributed by atoms with Crippen LogP contribution in [0.2, 0.25) is 0 Å². The molecule has 0 aliphatic carbocycles. The van der Waals surface area contributed by atoms with Crippen molar-refractivity contribution < 1.29 is 9.63 Å². The number of carbonyl (C=O) groups excluding carboxylic acids is 1. The van der Waals surface area contributed by atoms with E-state index >= 15 is 0 Å². The van der Waals surface area contributed by atoms with Gasteiger partial charge in [0.05, 0.1) is 12.6 Å². The Morgan fingerprint density at radius 3 is 1.81 bits per heavy atom. The van der Waals surface area contributed by atoms with E-state index in [1.807, 2.05) is 5.06 Å². The highest BCUT2D eigenvalue weighted by molar-refractivity contribution is 5.88. The van der Waals surface area contributed by atoms with E-state index < -0.39 is 5.54 Å². The number of hydrogen-bond donors (Lipinski definition) is 0. The summed E-state index contributed by atoms with van der Waals surface area (Å²) in [6.07, 6.45) is 3.48. The van der Waals surface area contributed by atoms with Crippen LogP contribution >= 0.6 is 0 Å². The summed E-state index contributed by atoms with van der Waals surface area (Å²) in [5.74, 6) is 0.208. The molecule has 0 saturated carbocycles. The lowest BCUT2D eigenvalue weighted by Gasteiger charge is -2.60. The predicted octanol–water partition coefficient (Wildman–Crippen LogP) is 3.61. The Kier molecular flexibility index (Phi) is 5.49. The molecule has 0 aromatic rings. The Balaban J connectivity index is 3.48. The van der Waals surface area contributed by atoms with Gasteiger partial charge < -0.3 is 9.74 Å². The molecule has 0 radical (unpaired) electrons. The first kappa shape index (κ1) is 18.4. The molecule has 124 valence electrons. The Hall–Kier alpha value is -0.610. The molecule has 0 aromatic heterocycles. The van der Waals surface area contributed by atoms with Crippen molar-refractivity contribution in [1.29, 1.82) is 0 Å². The van der Waals surface area contributed by atoms with Gasteiger partial charge in [0.1, 0.15) is 5.54 Å². The summed E-state index contributed by atoms with van der Waals surface area (Å²) < 4.78 is 0. The molecule has 4 nitrogen and oxygen atoms in total. The van der Waals surface area contributed by atoms with Gasteiger partial charge in [0.25, 0.3) is 0 Å². The summed E-state index contributed by atoms with van der Waals surface area (Å²) in [5, 5.41) is 2.03. The Labute approximate surface area is 130 Å². The van der Waals surface area contributed by atoms with E-state index in [0.29, 0.717) is 0 Å². The van der Waals surface area contributed by atoms with Gasteiger partial charge in [0, 0.05) is 12.1 Å². The van der Waals surface area contributed by atoms with Gasteiger partial charge in [0.2, 0.25) is 5.91 Å². The zero-order chi connectivity index (χ0) is 16.5. The molecule has 1 amide bonds. The van der Waals surface area contributed by atoms with Crippen LogP contribution in [0.3, 0.4) is 0 Å². The fourth-order valence-corrected chi connectivity index (χ4v) is 3.73. The van der Waals surface area contributed by atoms with E-state index in [2.05, 4.69) is 53.4 Å². The quantitative estimate of drug-likeness (QED) is 0.777. The number of amides is 1. The third kappa shape index (κ3) is 2.72. The molecule has 1 rings (SSSR count). The van der Waals surface area contributed by atoms with Gasteiger partial charge in [0.15, 0.2) is 0 Å². The summed E-state index contributed by atoms with van der Waals surface area (Å²) in [5.41, 5.74) is -0.823. The number of nitrogens with zero attached hydrogens (tertiary/aromatic N) is 2. The van der Waals surface area contributed by atoms with Crippen LogP contribution < -0.4 is 0 Å². The van der Waals surface area contributed by atoms with Crippen LogP contribution in [0.25, 0.3) is 0 Å². The van der Waals surface area contributed by atoms with E-state index in [1.54, 1.807) is 7.11 Å². The van der Waals surface area contributed by atoms with E-state index in [0.717, 1.165) is 32.2 Å². The van der Waals surface area contributed by atoms with E-state index in [4.69, 9.17) is 4.84 Å². The first-order chi connectivity index (χ1) is 9.69. The average Bonchev–Trinajstić information content (AvgIpc) is 2.45. The van der Waals surface area contributed by atoms with Gasteiger partial charge in [-0.2, -0.15) is 5.06 Å². The second kappa shape index (κ2) is 6.25. The minimum Gasteiger partial charge on any atom is -0.334 e. The molecule has 1 aliphatic heterocycles. The summed E-state index contributed by atoms with van der Waals surface area (Å²) in [7, 11) is 1.71. The van der Waals surface area contributed by atoms with Crippen molar-refractivity contribution in [2.45, 2.75) is 90.8 Å². The molecule has 1 heterocycles. The second-order valence-corrected chi connectivity index (χ2v) is 7.21. The second-order valence-electron chi connectivity index (χ2n) is 7.21. The molecular weight excluding hydrogens is 264 g/mol. The molecule has 0 bridgehead atoms. The summed E-state index contributed by atoms with van der Waals surface area (Å²) >= 11 is 0. The lowest BCUT2D eigenvalue weighted by molar-refractivity contribution is -0.288. The fourth-order valence-electron chi connectivity index (χ4n) is 3.73. The lowest BCUT2D eigenvalue weighted by atomic mass is 9.77. The van der Waals surface area contributed by atoms with Crippen LogP contribution in [0.15, 0.2) is 0 Å². The molecule has 0 spiro atoms. The Morgan fingerprint density at radius 2 is 1.52 bits per heavy atom. The molecule has 1 fully saturated rings. The highest BCUT2D eigenvalue weighted by Gasteiger charge is 2.58. The third-order valence-corrected chi connectivity index (χ3v) is 5.39. The maximum absolute atomic E-state index is 13.2. The maximum atomic E-state index is 13.2. The smallest absolute Gasteiger partial charge is 0.245 e. The van der Waals surface area contributed by atoms with E-state index in [1.165, 1.54) is 0 Å². The predicted molar refractivity (Wildman–Crippen MR) is 86.9 cm³/mol. The molecular formula is C17H34N2O2. The van der Waals surface area contributed by atoms with Gasteiger partial charge in [-0.25, -0.2) is 0 Å². The number of hydrogen-bond acceptors (Lipinski definition) is 3. The minimum absolute atomic E-state index is 0.109. The third-order valence-electron chi connectivity index (χ3n) is 5.39. The van der Waals surface area contributed by atoms with Crippen molar-refractivity contribution in [3.05, 3.63) is 0 Å². The number of rotatable bonds is 5. The van der Waals surface area contributed by atoms with Gasteiger partial charge in [-0.3, -0.25) is 4.79 Å². The largest absolute Gasteiger partial charge is 0.334 e. The molecule has 0 N–H and O–H groups in total. The molecule has 4 heteroatoms. The normalized spacial score (nSPS) is 22.7. The highest BCUT2D eigenvalue weighted by Crippen LogP contribution is 2.43. The van der Waals surface area contributed by atoms with E-state index in [9.17, 15) is 4.79 Å². The van der Waals surface area contributed by atoms with Crippen LogP contribution in [0.1, 0.15) is 74.1 Å². The average molecular weight is 298 g/mol. The van der Waals surface area contributed by atoms with Crippen LogP contribution in [-0.2, 0) is 9.63 Å². The van der Waals surface area contributed by atoms with Gasteiger partial charge >= 0.3 is 0 Å². The lowest BCUT2D eigenvalue weighted by Crippen LogP contribution is -2.76. The van der Waals surface area contributed by atoms with Gasteiger partial charge in [-0.05, 0) is 46.5 Å². The van der Waals surface area contributed by atoms with Crippen molar-refractivity contribution in [3.8, 4) is 0 Å². The van der Waals surface area contributed by atoms with Crippen LogP contribution in [0.4, 0.5) is 0 Å². The first-order valence-corrected chi connectivity index (χ1v) is 8.35. The maximum Gasteiger partial charge on any atom is 0.245 e. The zero-order valence-electron chi connectivity index (χ0n) is 15.2. The van der Waals surface area contributed by atoms with Crippen molar-refractivity contribution in [2.75, 3.05) is 13.7 Å². The Morgan fingerprint density at radius 1 is 1.05 bits per heavy atom. The zero-order valence-corrected chi connectivity index (χ0v) is 15.2. The topological polar surface area (TPSA) is 32.8 Å². The van der Waals surface area contributed by atoms with Gasteiger partial charge in [-0.15, -0.1) is 0 Å². The Bertz CT molecular complexity index is 365. The summed E-state index contributed by atoms with van der Waals surface area (Å²) in [6, 6.07) is 0. The summed E-state index contributed by atoms with van der Waals surface area (Å²) in [4.78, 5) is 21.1. The van der Waals surface area contributed by atoms with Crippen LogP contribution in [-0.4, -0.2) is 46.1 Å². The molecule has 0 aromatic carbocycles. The highest BCUT2D eigenvalue weighted by atomic mass is 16.7. The molecule has 0 unspecified atom stereocenters.